The predicted octanol–water partition coefficient (Wildman–Crippen LogP) is 0.632. The Hall–Kier alpha value is -1.36. The molecule has 1 heterocycles. The molecule has 0 amide bonds. The molecule has 5 heteroatoms. The fourth-order valence-electron chi connectivity index (χ4n) is 0.878. The summed E-state index contributed by atoms with van der Waals surface area (Å²) in [4.78, 5) is 7.72. The average molecular weight is 196 g/mol. The van der Waals surface area contributed by atoms with Crippen molar-refractivity contribution in [3.63, 3.8) is 0 Å². The van der Waals surface area contributed by atoms with Crippen LogP contribution in [0.15, 0.2) is 12.3 Å². The number of nitrogen functional groups attached to an aromatic ring is 1. The second-order valence-corrected chi connectivity index (χ2v) is 3.50. The molecule has 1 atom stereocenters. The molecule has 0 spiro atoms. The molecule has 14 heavy (non-hydrogen) atoms. The van der Waals surface area contributed by atoms with Crippen LogP contribution in [0.5, 0.6) is 0 Å². The van der Waals surface area contributed by atoms with Gasteiger partial charge in [-0.05, 0) is 19.4 Å². The van der Waals surface area contributed by atoms with Gasteiger partial charge in [-0.3, -0.25) is 0 Å². The number of nitrogens with zero attached hydrogens (tertiary/aromatic N) is 2. The van der Waals surface area contributed by atoms with E-state index in [1.54, 1.807) is 19.2 Å². The van der Waals surface area contributed by atoms with Gasteiger partial charge in [0.2, 0.25) is 5.95 Å². The number of nitrogens with one attached hydrogen (secondary N) is 1. The van der Waals surface area contributed by atoms with Crippen molar-refractivity contribution >= 4 is 11.8 Å². The van der Waals surface area contributed by atoms with Crippen molar-refractivity contribution in [2.45, 2.75) is 25.9 Å². The van der Waals surface area contributed by atoms with Crippen LogP contribution < -0.4 is 11.1 Å². The topological polar surface area (TPSA) is 84.1 Å². The number of hydrogen-bond donors (Lipinski definition) is 3. The summed E-state index contributed by atoms with van der Waals surface area (Å²) in [5, 5.41) is 12.7. The van der Waals surface area contributed by atoms with Crippen LogP contribution in [0, 0.1) is 0 Å². The summed E-state index contributed by atoms with van der Waals surface area (Å²) in [6, 6.07) is 1.71. The van der Waals surface area contributed by atoms with Crippen molar-refractivity contribution in [3.05, 3.63) is 12.3 Å². The zero-order valence-electron chi connectivity index (χ0n) is 8.49. The van der Waals surface area contributed by atoms with Gasteiger partial charge in [-0.2, -0.15) is 4.98 Å². The minimum atomic E-state index is -0.723. The minimum absolute atomic E-state index is 0.228. The summed E-state index contributed by atoms with van der Waals surface area (Å²) >= 11 is 0. The number of aromatic nitrogens is 2. The first-order chi connectivity index (χ1) is 6.53. The number of hydrogen-bond acceptors (Lipinski definition) is 5. The molecular weight excluding hydrogens is 180 g/mol. The van der Waals surface area contributed by atoms with Gasteiger partial charge in [-0.1, -0.05) is 6.92 Å². The monoisotopic (exact) mass is 196 g/mol. The molecule has 5 nitrogen and oxygen atoms in total. The van der Waals surface area contributed by atoms with Crippen molar-refractivity contribution in [2.24, 2.45) is 0 Å². The van der Waals surface area contributed by atoms with E-state index in [4.69, 9.17) is 5.73 Å². The molecule has 1 rings (SSSR count). The average Bonchev–Trinajstić information content (AvgIpc) is 2.15. The summed E-state index contributed by atoms with van der Waals surface area (Å²) in [7, 11) is 0. The van der Waals surface area contributed by atoms with E-state index in [1.165, 1.54) is 0 Å². The molecule has 4 N–H and O–H groups in total. The highest BCUT2D eigenvalue weighted by Gasteiger charge is 2.16. The standard InChI is InChI=1S/C9H16N4O/c1-3-9(2,14)6-12-7-4-5-11-8(10)13-7/h4-5,14H,3,6H2,1-2H3,(H3,10,11,12,13). The van der Waals surface area contributed by atoms with Gasteiger partial charge >= 0.3 is 0 Å². The summed E-state index contributed by atoms with van der Waals surface area (Å²) in [6.07, 6.45) is 2.26. The van der Waals surface area contributed by atoms with Crippen LogP contribution in [0.1, 0.15) is 20.3 Å². The fourth-order valence-corrected chi connectivity index (χ4v) is 0.878. The molecular formula is C9H16N4O. The van der Waals surface area contributed by atoms with Gasteiger partial charge in [0.05, 0.1) is 5.60 Å². The Bertz CT molecular complexity index is 301. The second kappa shape index (κ2) is 4.23. The molecule has 1 unspecified atom stereocenters. The van der Waals surface area contributed by atoms with E-state index < -0.39 is 5.60 Å². The van der Waals surface area contributed by atoms with E-state index in [0.29, 0.717) is 18.8 Å². The summed E-state index contributed by atoms with van der Waals surface area (Å²) < 4.78 is 0. The van der Waals surface area contributed by atoms with Crippen molar-refractivity contribution in [3.8, 4) is 0 Å². The first-order valence-electron chi connectivity index (χ1n) is 4.58. The lowest BCUT2D eigenvalue weighted by Crippen LogP contribution is -2.32. The summed E-state index contributed by atoms with van der Waals surface area (Å²) in [6.45, 7) is 4.14. The van der Waals surface area contributed by atoms with Gasteiger partial charge in [0.25, 0.3) is 0 Å². The normalized spacial score (nSPS) is 14.8. The van der Waals surface area contributed by atoms with Gasteiger partial charge in [0, 0.05) is 12.7 Å². The SMILES string of the molecule is CCC(C)(O)CNc1ccnc(N)n1. The molecule has 1 aromatic heterocycles. The highest BCUT2D eigenvalue weighted by molar-refractivity contribution is 5.37. The third kappa shape index (κ3) is 3.18. The quantitative estimate of drug-likeness (QED) is 0.657. The Morgan fingerprint density at radius 2 is 2.36 bits per heavy atom. The van der Waals surface area contributed by atoms with E-state index in [1.807, 2.05) is 6.92 Å². The molecule has 0 aliphatic carbocycles. The zero-order chi connectivity index (χ0) is 10.6. The molecule has 0 bridgehead atoms. The van der Waals surface area contributed by atoms with Gasteiger partial charge in [0.1, 0.15) is 5.82 Å². The summed E-state index contributed by atoms with van der Waals surface area (Å²) in [5.74, 6) is 0.859. The lowest BCUT2D eigenvalue weighted by Gasteiger charge is -2.21. The maximum absolute atomic E-state index is 9.72. The Morgan fingerprint density at radius 1 is 1.64 bits per heavy atom. The molecule has 0 fully saturated rings. The van der Waals surface area contributed by atoms with Crippen LogP contribution >= 0.6 is 0 Å². The van der Waals surface area contributed by atoms with Crippen LogP contribution in [-0.4, -0.2) is 27.2 Å². The maximum atomic E-state index is 9.72. The molecule has 0 aromatic carbocycles. The van der Waals surface area contributed by atoms with Crippen LogP contribution in [0.3, 0.4) is 0 Å². The molecule has 0 saturated carbocycles. The Labute approximate surface area is 83.4 Å². The van der Waals surface area contributed by atoms with Gasteiger partial charge in [-0.15, -0.1) is 0 Å². The lowest BCUT2D eigenvalue weighted by molar-refractivity contribution is 0.0696. The van der Waals surface area contributed by atoms with E-state index in [2.05, 4.69) is 15.3 Å². The van der Waals surface area contributed by atoms with Crippen molar-refractivity contribution in [2.75, 3.05) is 17.6 Å². The first kappa shape index (κ1) is 10.7. The van der Waals surface area contributed by atoms with Gasteiger partial charge < -0.3 is 16.2 Å². The number of aliphatic hydroxyl groups is 1. The third-order valence-corrected chi connectivity index (χ3v) is 2.09. The van der Waals surface area contributed by atoms with E-state index >= 15 is 0 Å². The fraction of sp³-hybridized carbons (Fsp3) is 0.556. The third-order valence-electron chi connectivity index (χ3n) is 2.09. The lowest BCUT2D eigenvalue weighted by atomic mass is 10.0. The highest BCUT2D eigenvalue weighted by Crippen LogP contribution is 2.10. The van der Waals surface area contributed by atoms with Crippen molar-refractivity contribution in [1.29, 1.82) is 0 Å². The smallest absolute Gasteiger partial charge is 0.221 e. The van der Waals surface area contributed by atoms with E-state index in [-0.39, 0.29) is 5.95 Å². The molecule has 0 saturated heterocycles. The zero-order valence-corrected chi connectivity index (χ0v) is 8.49. The minimum Gasteiger partial charge on any atom is -0.388 e. The highest BCUT2D eigenvalue weighted by atomic mass is 16.3. The number of rotatable bonds is 4. The molecule has 78 valence electrons. The Morgan fingerprint density at radius 3 is 2.93 bits per heavy atom. The number of nitrogens with two attached hydrogens (primary N) is 1. The van der Waals surface area contributed by atoms with Gasteiger partial charge in [0.15, 0.2) is 0 Å². The Balaban J connectivity index is 2.54. The van der Waals surface area contributed by atoms with E-state index in [0.717, 1.165) is 0 Å². The molecule has 0 aliphatic heterocycles. The number of anilines is 2. The van der Waals surface area contributed by atoms with Crippen LogP contribution in [-0.2, 0) is 0 Å². The maximum Gasteiger partial charge on any atom is 0.221 e. The molecule has 0 radical (unpaired) electrons. The molecule has 1 aromatic rings. The molecule has 0 aliphatic rings. The Kier molecular flexibility index (Phi) is 3.24. The largest absolute Gasteiger partial charge is 0.388 e. The van der Waals surface area contributed by atoms with Crippen LogP contribution in [0.2, 0.25) is 0 Å². The van der Waals surface area contributed by atoms with Crippen LogP contribution in [0.4, 0.5) is 11.8 Å². The summed E-state index contributed by atoms with van der Waals surface area (Å²) in [5.41, 5.74) is 4.68. The first-order valence-corrected chi connectivity index (χ1v) is 4.58. The van der Waals surface area contributed by atoms with Crippen molar-refractivity contribution in [1.82, 2.24) is 9.97 Å². The van der Waals surface area contributed by atoms with E-state index in [9.17, 15) is 5.11 Å². The van der Waals surface area contributed by atoms with Crippen molar-refractivity contribution < 1.29 is 5.11 Å². The second-order valence-electron chi connectivity index (χ2n) is 3.50. The van der Waals surface area contributed by atoms with Crippen LogP contribution in [0.25, 0.3) is 0 Å². The predicted molar refractivity (Wildman–Crippen MR) is 55.8 cm³/mol. The van der Waals surface area contributed by atoms with Gasteiger partial charge in [-0.25, -0.2) is 4.98 Å².